The van der Waals surface area contributed by atoms with Gasteiger partial charge in [0.25, 0.3) is 0 Å². The third-order valence-electron chi connectivity index (χ3n) is 2.63. The van der Waals surface area contributed by atoms with Crippen LogP contribution in [0, 0.1) is 0 Å². The summed E-state index contributed by atoms with van der Waals surface area (Å²) in [5, 5.41) is 16.2. The van der Waals surface area contributed by atoms with Crippen molar-refractivity contribution in [1.29, 1.82) is 0 Å². The third-order valence-corrected chi connectivity index (χ3v) is 3.65. The lowest BCUT2D eigenvalue weighted by Crippen LogP contribution is -2.18. The molecule has 0 spiro atoms. The Kier molecular flexibility index (Phi) is 4.68. The van der Waals surface area contributed by atoms with E-state index in [4.69, 9.17) is 0 Å². The molecule has 6 heteroatoms. The summed E-state index contributed by atoms with van der Waals surface area (Å²) in [6, 6.07) is 8.76. The molecule has 0 saturated heterocycles. The van der Waals surface area contributed by atoms with Gasteiger partial charge in [0.05, 0.1) is 11.9 Å². The number of rotatable bonds is 5. The molecule has 1 amide bonds. The number of benzene rings is 1. The van der Waals surface area contributed by atoms with Gasteiger partial charge < -0.3 is 10.4 Å². The zero-order valence-corrected chi connectivity index (χ0v) is 12.2. The van der Waals surface area contributed by atoms with Crippen LogP contribution >= 0.6 is 11.8 Å². The highest BCUT2D eigenvalue weighted by Gasteiger charge is 2.09. The van der Waals surface area contributed by atoms with Gasteiger partial charge in [0.15, 0.2) is 0 Å². The average molecular weight is 291 g/mol. The number of carbonyl (C=O) groups excluding carboxylic acids is 1. The number of aromatic hydroxyl groups is 1. The molecule has 2 N–H and O–H groups in total. The van der Waals surface area contributed by atoms with Crippen molar-refractivity contribution < 1.29 is 9.90 Å². The summed E-state index contributed by atoms with van der Waals surface area (Å²) in [6.07, 6.45) is 1.67. The molecule has 2 aromatic rings. The van der Waals surface area contributed by atoms with Crippen LogP contribution < -0.4 is 5.32 Å². The van der Waals surface area contributed by atoms with E-state index < -0.39 is 0 Å². The Morgan fingerprint density at radius 1 is 1.35 bits per heavy atom. The first-order valence-electron chi connectivity index (χ1n) is 6.31. The molecule has 5 nitrogen and oxygen atoms in total. The normalized spacial score (nSPS) is 10.8. The molecule has 0 aliphatic carbocycles. The molecule has 106 valence electrons. The molecule has 0 aliphatic rings. The second-order valence-corrected chi connectivity index (χ2v) is 5.63. The molecule has 2 rings (SSSR count). The SMILES string of the molecule is CC(C)n1nccc1NC(=O)CSc1ccc(O)cc1. The minimum Gasteiger partial charge on any atom is -0.508 e. The van der Waals surface area contributed by atoms with Crippen LogP contribution in [0.4, 0.5) is 5.82 Å². The number of hydrogen-bond acceptors (Lipinski definition) is 4. The fourth-order valence-electron chi connectivity index (χ4n) is 1.69. The van der Waals surface area contributed by atoms with Crippen LogP contribution in [0.2, 0.25) is 0 Å². The van der Waals surface area contributed by atoms with Crippen molar-refractivity contribution in [3.8, 4) is 5.75 Å². The fraction of sp³-hybridized carbons (Fsp3) is 0.286. The summed E-state index contributed by atoms with van der Waals surface area (Å²) in [4.78, 5) is 12.8. The molecular weight excluding hydrogens is 274 g/mol. The van der Waals surface area contributed by atoms with Crippen LogP contribution in [0.1, 0.15) is 19.9 Å². The first-order chi connectivity index (χ1) is 9.56. The predicted molar refractivity (Wildman–Crippen MR) is 80.1 cm³/mol. The Morgan fingerprint density at radius 3 is 2.70 bits per heavy atom. The highest BCUT2D eigenvalue weighted by Crippen LogP contribution is 2.21. The largest absolute Gasteiger partial charge is 0.508 e. The van der Waals surface area contributed by atoms with Gasteiger partial charge in [-0.15, -0.1) is 11.8 Å². The van der Waals surface area contributed by atoms with E-state index in [1.54, 1.807) is 41.2 Å². The number of hydrogen-bond donors (Lipinski definition) is 2. The van der Waals surface area contributed by atoms with Crippen molar-refractivity contribution in [3.63, 3.8) is 0 Å². The Labute approximate surface area is 122 Å². The summed E-state index contributed by atoms with van der Waals surface area (Å²) in [6.45, 7) is 4.02. The van der Waals surface area contributed by atoms with Crippen molar-refractivity contribution in [2.75, 3.05) is 11.1 Å². The Morgan fingerprint density at radius 2 is 2.05 bits per heavy atom. The van der Waals surface area contributed by atoms with E-state index in [1.807, 2.05) is 13.8 Å². The lowest BCUT2D eigenvalue weighted by atomic mass is 10.3. The summed E-state index contributed by atoms with van der Waals surface area (Å²) < 4.78 is 1.77. The maximum atomic E-state index is 11.9. The molecule has 1 aromatic heterocycles. The molecule has 0 unspecified atom stereocenters. The molecule has 1 aromatic carbocycles. The third kappa shape index (κ3) is 3.77. The topological polar surface area (TPSA) is 67.2 Å². The van der Waals surface area contributed by atoms with E-state index in [9.17, 15) is 9.90 Å². The van der Waals surface area contributed by atoms with E-state index in [1.165, 1.54) is 11.8 Å². The molecule has 0 aliphatic heterocycles. The van der Waals surface area contributed by atoms with Crippen LogP contribution in [0.3, 0.4) is 0 Å². The van der Waals surface area contributed by atoms with Gasteiger partial charge in [-0.3, -0.25) is 4.79 Å². The van der Waals surface area contributed by atoms with Crippen molar-refractivity contribution in [3.05, 3.63) is 36.5 Å². The molecular formula is C14H17N3O2S. The lowest BCUT2D eigenvalue weighted by Gasteiger charge is -2.11. The van der Waals surface area contributed by atoms with Gasteiger partial charge in [-0.25, -0.2) is 4.68 Å². The van der Waals surface area contributed by atoms with Gasteiger partial charge in [0, 0.05) is 17.0 Å². The maximum Gasteiger partial charge on any atom is 0.235 e. The standard InChI is InChI=1S/C14H17N3O2S/c1-10(2)17-13(7-8-15-17)16-14(19)9-20-12-5-3-11(18)4-6-12/h3-8,10,18H,9H2,1-2H3,(H,16,19). The Bertz CT molecular complexity index is 578. The van der Waals surface area contributed by atoms with Gasteiger partial charge in [-0.1, -0.05) is 0 Å². The fourth-order valence-corrected chi connectivity index (χ4v) is 2.39. The number of nitrogens with one attached hydrogen (secondary N) is 1. The second kappa shape index (κ2) is 6.47. The van der Waals surface area contributed by atoms with Crippen LogP contribution in [0.5, 0.6) is 5.75 Å². The summed E-state index contributed by atoms with van der Waals surface area (Å²) in [7, 11) is 0. The molecule has 20 heavy (non-hydrogen) atoms. The monoisotopic (exact) mass is 291 g/mol. The number of amides is 1. The molecule has 0 bridgehead atoms. The Hall–Kier alpha value is -1.95. The quantitative estimate of drug-likeness (QED) is 0.831. The maximum absolute atomic E-state index is 11.9. The van der Waals surface area contributed by atoms with Gasteiger partial charge in [-0.2, -0.15) is 5.10 Å². The number of phenolic OH excluding ortho intramolecular Hbond substituents is 1. The minimum absolute atomic E-state index is 0.0783. The average Bonchev–Trinajstić information content (AvgIpc) is 2.86. The highest BCUT2D eigenvalue weighted by molar-refractivity contribution is 8.00. The molecule has 0 saturated carbocycles. The summed E-state index contributed by atoms with van der Waals surface area (Å²) >= 11 is 1.42. The van der Waals surface area contributed by atoms with Crippen LogP contribution in [0.15, 0.2) is 41.4 Å². The first-order valence-corrected chi connectivity index (χ1v) is 7.30. The second-order valence-electron chi connectivity index (χ2n) is 4.59. The Balaban J connectivity index is 1.89. The van der Waals surface area contributed by atoms with Crippen LogP contribution in [-0.2, 0) is 4.79 Å². The van der Waals surface area contributed by atoms with E-state index in [0.29, 0.717) is 11.6 Å². The number of nitrogens with zero attached hydrogens (tertiary/aromatic N) is 2. The number of aromatic nitrogens is 2. The van der Waals surface area contributed by atoms with E-state index in [0.717, 1.165) is 4.90 Å². The first kappa shape index (κ1) is 14.5. The number of carbonyl (C=O) groups is 1. The number of thioether (sulfide) groups is 1. The van der Waals surface area contributed by atoms with Gasteiger partial charge in [0.1, 0.15) is 11.6 Å². The predicted octanol–water partition coefficient (Wildman–Crippen LogP) is 2.90. The molecule has 0 radical (unpaired) electrons. The van der Waals surface area contributed by atoms with Crippen molar-refractivity contribution >= 4 is 23.5 Å². The zero-order valence-electron chi connectivity index (χ0n) is 11.4. The van der Waals surface area contributed by atoms with Crippen molar-refractivity contribution in [2.45, 2.75) is 24.8 Å². The molecule has 0 atom stereocenters. The molecule has 1 heterocycles. The summed E-state index contributed by atoms with van der Waals surface area (Å²) in [5.41, 5.74) is 0. The number of phenols is 1. The van der Waals surface area contributed by atoms with E-state index >= 15 is 0 Å². The minimum atomic E-state index is -0.0783. The van der Waals surface area contributed by atoms with Crippen LogP contribution in [0.25, 0.3) is 0 Å². The van der Waals surface area contributed by atoms with Crippen LogP contribution in [-0.4, -0.2) is 26.5 Å². The smallest absolute Gasteiger partial charge is 0.235 e. The van der Waals surface area contributed by atoms with Gasteiger partial charge in [0.2, 0.25) is 5.91 Å². The molecule has 0 fully saturated rings. The van der Waals surface area contributed by atoms with Gasteiger partial charge in [-0.05, 0) is 38.1 Å². The number of anilines is 1. The van der Waals surface area contributed by atoms with E-state index in [2.05, 4.69) is 10.4 Å². The van der Waals surface area contributed by atoms with Gasteiger partial charge >= 0.3 is 0 Å². The highest BCUT2D eigenvalue weighted by atomic mass is 32.2. The van der Waals surface area contributed by atoms with Crippen molar-refractivity contribution in [2.24, 2.45) is 0 Å². The van der Waals surface area contributed by atoms with Crippen molar-refractivity contribution in [1.82, 2.24) is 9.78 Å². The summed E-state index contributed by atoms with van der Waals surface area (Å²) in [5.74, 6) is 1.16. The van der Waals surface area contributed by atoms with E-state index in [-0.39, 0.29) is 17.7 Å². The zero-order chi connectivity index (χ0) is 14.5. The lowest BCUT2D eigenvalue weighted by molar-refractivity contribution is -0.113.